The van der Waals surface area contributed by atoms with E-state index in [0.717, 1.165) is 32.6 Å². The van der Waals surface area contributed by atoms with Gasteiger partial charge >= 0.3 is 0 Å². The summed E-state index contributed by atoms with van der Waals surface area (Å²) in [5, 5.41) is 4.03. The van der Waals surface area contributed by atoms with Crippen LogP contribution >= 0.6 is 0 Å². The highest BCUT2D eigenvalue weighted by atomic mass is 16.1. The number of carbonyl (C=O) groups excluding carboxylic acids is 1. The number of rotatable bonds is 5. The molecule has 0 unspecified atom stereocenters. The summed E-state index contributed by atoms with van der Waals surface area (Å²) in [6.07, 6.45) is 4.77. The van der Waals surface area contributed by atoms with Crippen LogP contribution in [0.3, 0.4) is 0 Å². The predicted molar refractivity (Wildman–Crippen MR) is 123 cm³/mol. The van der Waals surface area contributed by atoms with Crippen LogP contribution in [-0.2, 0) is 26.1 Å². The maximum atomic E-state index is 11.8. The lowest BCUT2D eigenvalue weighted by atomic mass is 10.0. The zero-order valence-corrected chi connectivity index (χ0v) is 17.7. The number of hydrogen-bond donors (Lipinski definition) is 1. The fraction of sp³-hybridized carbons (Fsp3) is 0.231. The molecule has 1 aliphatic rings. The maximum absolute atomic E-state index is 11.8. The number of pyridine rings is 1. The summed E-state index contributed by atoms with van der Waals surface area (Å²) in [5.41, 5.74) is 7.36. The molecule has 1 N–H and O–H groups in total. The predicted octanol–water partition coefficient (Wildman–Crippen LogP) is 4.00. The lowest BCUT2D eigenvalue weighted by Gasteiger charge is -2.28. The molecule has 5 nitrogen and oxygen atoms in total. The van der Waals surface area contributed by atoms with Crippen LogP contribution in [0.25, 0.3) is 10.9 Å². The molecule has 4 aromatic rings. The van der Waals surface area contributed by atoms with Gasteiger partial charge in [0.05, 0.1) is 0 Å². The lowest BCUT2D eigenvalue weighted by Crippen LogP contribution is -2.30. The average Bonchev–Trinajstić information content (AvgIpc) is 3.13. The van der Waals surface area contributed by atoms with Crippen molar-refractivity contribution in [3.8, 4) is 0 Å². The zero-order chi connectivity index (χ0) is 21.2. The molecule has 2 aromatic heterocycles. The van der Waals surface area contributed by atoms with Crippen LogP contribution in [0.1, 0.15) is 32.7 Å². The SMILES string of the molecule is CNC(=O)c1ccc(Cn2c3c(c4ccccc42)CN(Cc2ccncc2)CC3)cc1. The Bertz CT molecular complexity index is 1210. The van der Waals surface area contributed by atoms with Crippen molar-refractivity contribution in [2.75, 3.05) is 13.6 Å². The van der Waals surface area contributed by atoms with Gasteiger partial charge in [0.2, 0.25) is 0 Å². The van der Waals surface area contributed by atoms with Gasteiger partial charge in [-0.2, -0.15) is 0 Å². The number of nitrogens with one attached hydrogen (secondary N) is 1. The van der Waals surface area contributed by atoms with Crippen LogP contribution in [0, 0.1) is 0 Å². The number of para-hydroxylation sites is 1. The van der Waals surface area contributed by atoms with Crippen molar-refractivity contribution in [3.05, 3.63) is 101 Å². The van der Waals surface area contributed by atoms with E-state index >= 15 is 0 Å². The van der Waals surface area contributed by atoms with Gasteiger partial charge in [0, 0.05) is 74.2 Å². The van der Waals surface area contributed by atoms with Gasteiger partial charge in [0.1, 0.15) is 0 Å². The van der Waals surface area contributed by atoms with Gasteiger partial charge in [0.15, 0.2) is 0 Å². The van der Waals surface area contributed by atoms with E-state index in [1.807, 2.05) is 24.5 Å². The Labute approximate surface area is 182 Å². The first-order valence-electron chi connectivity index (χ1n) is 10.7. The van der Waals surface area contributed by atoms with Crippen LogP contribution < -0.4 is 5.32 Å². The van der Waals surface area contributed by atoms with Crippen LogP contribution in [0.4, 0.5) is 0 Å². The molecule has 0 fully saturated rings. The molecule has 2 aromatic carbocycles. The Kier molecular flexibility index (Phi) is 5.26. The van der Waals surface area contributed by atoms with Crippen molar-refractivity contribution in [1.29, 1.82) is 0 Å². The molecule has 5 heteroatoms. The van der Waals surface area contributed by atoms with Gasteiger partial charge < -0.3 is 9.88 Å². The molecule has 31 heavy (non-hydrogen) atoms. The summed E-state index contributed by atoms with van der Waals surface area (Å²) in [4.78, 5) is 18.5. The molecule has 1 aliphatic heterocycles. The molecule has 0 atom stereocenters. The van der Waals surface area contributed by atoms with Gasteiger partial charge in [-0.25, -0.2) is 0 Å². The molecule has 0 saturated heterocycles. The second-order valence-electron chi connectivity index (χ2n) is 8.12. The first kappa shape index (κ1) is 19.5. The van der Waals surface area contributed by atoms with E-state index in [0.29, 0.717) is 5.56 Å². The molecule has 5 rings (SSSR count). The van der Waals surface area contributed by atoms with Crippen LogP contribution in [0.5, 0.6) is 0 Å². The van der Waals surface area contributed by atoms with E-state index in [-0.39, 0.29) is 5.91 Å². The molecule has 0 bridgehead atoms. The van der Waals surface area contributed by atoms with Crippen molar-refractivity contribution in [1.82, 2.24) is 19.8 Å². The van der Waals surface area contributed by atoms with Gasteiger partial charge in [-0.3, -0.25) is 14.7 Å². The van der Waals surface area contributed by atoms with E-state index in [9.17, 15) is 4.79 Å². The Balaban J connectivity index is 1.45. The fourth-order valence-electron chi connectivity index (χ4n) is 4.61. The van der Waals surface area contributed by atoms with Crippen LogP contribution in [0.15, 0.2) is 73.1 Å². The monoisotopic (exact) mass is 410 g/mol. The largest absolute Gasteiger partial charge is 0.355 e. The van der Waals surface area contributed by atoms with Crippen molar-refractivity contribution in [2.45, 2.75) is 26.1 Å². The quantitative estimate of drug-likeness (QED) is 0.541. The number of nitrogens with zero attached hydrogens (tertiary/aromatic N) is 3. The molecule has 1 amide bonds. The number of benzene rings is 2. The molecule has 0 spiro atoms. The maximum Gasteiger partial charge on any atom is 0.251 e. The smallest absolute Gasteiger partial charge is 0.251 e. The number of amides is 1. The van der Waals surface area contributed by atoms with Crippen molar-refractivity contribution in [3.63, 3.8) is 0 Å². The number of carbonyl (C=O) groups is 1. The summed E-state index contributed by atoms with van der Waals surface area (Å²) < 4.78 is 2.46. The van der Waals surface area contributed by atoms with Crippen LogP contribution in [-0.4, -0.2) is 34.0 Å². The summed E-state index contributed by atoms with van der Waals surface area (Å²) >= 11 is 0. The van der Waals surface area contributed by atoms with Gasteiger partial charge in [-0.1, -0.05) is 30.3 Å². The van der Waals surface area contributed by atoms with Crippen molar-refractivity contribution < 1.29 is 4.79 Å². The lowest BCUT2D eigenvalue weighted by molar-refractivity contribution is 0.0963. The zero-order valence-electron chi connectivity index (χ0n) is 17.7. The Morgan fingerprint density at radius 2 is 1.71 bits per heavy atom. The Morgan fingerprint density at radius 3 is 2.48 bits per heavy atom. The fourth-order valence-corrected chi connectivity index (χ4v) is 4.61. The summed E-state index contributed by atoms with van der Waals surface area (Å²) in [5.74, 6) is -0.0513. The topological polar surface area (TPSA) is 50.2 Å². The van der Waals surface area contributed by atoms with E-state index in [1.165, 1.54) is 33.3 Å². The van der Waals surface area contributed by atoms with E-state index in [4.69, 9.17) is 0 Å². The molecule has 3 heterocycles. The van der Waals surface area contributed by atoms with Gasteiger partial charge in [-0.05, 0) is 47.0 Å². The molecule has 0 radical (unpaired) electrons. The first-order valence-corrected chi connectivity index (χ1v) is 10.7. The number of hydrogen-bond acceptors (Lipinski definition) is 3. The highest BCUT2D eigenvalue weighted by Crippen LogP contribution is 2.32. The summed E-state index contributed by atoms with van der Waals surface area (Å²) in [6, 6.07) is 20.8. The van der Waals surface area contributed by atoms with Crippen molar-refractivity contribution in [2.24, 2.45) is 0 Å². The minimum atomic E-state index is -0.0513. The van der Waals surface area contributed by atoms with E-state index < -0.39 is 0 Å². The molecule has 0 aliphatic carbocycles. The number of aromatic nitrogens is 2. The normalized spacial score (nSPS) is 13.8. The Hall–Kier alpha value is -3.44. The van der Waals surface area contributed by atoms with Crippen molar-refractivity contribution >= 4 is 16.8 Å². The number of fused-ring (bicyclic) bond motifs is 3. The second-order valence-corrected chi connectivity index (χ2v) is 8.12. The summed E-state index contributed by atoms with van der Waals surface area (Å²) in [6.45, 7) is 3.76. The molecule has 156 valence electrons. The molecular weight excluding hydrogens is 384 g/mol. The minimum Gasteiger partial charge on any atom is -0.355 e. The van der Waals surface area contributed by atoms with E-state index in [1.54, 1.807) is 7.05 Å². The third kappa shape index (κ3) is 3.84. The highest BCUT2D eigenvalue weighted by molar-refractivity contribution is 5.94. The summed E-state index contributed by atoms with van der Waals surface area (Å²) in [7, 11) is 1.66. The third-order valence-electron chi connectivity index (χ3n) is 6.18. The average molecular weight is 411 g/mol. The molecular formula is C26H26N4O. The Morgan fingerprint density at radius 1 is 0.968 bits per heavy atom. The second kappa shape index (κ2) is 8.36. The van der Waals surface area contributed by atoms with Crippen LogP contribution in [0.2, 0.25) is 0 Å². The molecule has 0 saturated carbocycles. The standard InChI is InChI=1S/C26H26N4O/c1-27-26(31)21-8-6-19(7-9-21)17-30-24-5-3-2-4-22(24)23-18-29(15-12-25(23)30)16-20-10-13-28-14-11-20/h2-11,13-14H,12,15-18H2,1H3,(H,27,31). The van der Waals surface area contributed by atoms with E-state index in [2.05, 4.69) is 68.3 Å². The minimum absolute atomic E-state index is 0.0513. The van der Waals surface area contributed by atoms with Gasteiger partial charge in [-0.15, -0.1) is 0 Å². The highest BCUT2D eigenvalue weighted by Gasteiger charge is 2.24. The third-order valence-corrected chi connectivity index (χ3v) is 6.18. The van der Waals surface area contributed by atoms with Gasteiger partial charge in [0.25, 0.3) is 5.91 Å². The first-order chi connectivity index (χ1) is 15.2.